The number of aliphatic hydroxyl groups is 1. The molecule has 0 saturated carbocycles. The van der Waals surface area contributed by atoms with E-state index < -0.39 is 5.91 Å². The third-order valence-corrected chi connectivity index (χ3v) is 4.19. The Balaban J connectivity index is 2.11. The van der Waals surface area contributed by atoms with Crippen LogP contribution in [0, 0.1) is 0 Å². The highest BCUT2D eigenvalue weighted by atomic mass is 32.1. The van der Waals surface area contributed by atoms with Gasteiger partial charge in [-0.05, 0) is 24.5 Å². The Kier molecular flexibility index (Phi) is 5.68. The second-order valence-electron chi connectivity index (χ2n) is 4.87. The van der Waals surface area contributed by atoms with E-state index in [-0.39, 0.29) is 18.6 Å². The van der Waals surface area contributed by atoms with Gasteiger partial charge in [0, 0.05) is 12.0 Å². The van der Waals surface area contributed by atoms with Crippen molar-refractivity contribution in [2.75, 3.05) is 6.61 Å². The van der Waals surface area contributed by atoms with E-state index in [9.17, 15) is 9.59 Å². The number of aliphatic hydroxyl groups excluding tert-OH is 1. The van der Waals surface area contributed by atoms with E-state index in [1.807, 2.05) is 30.3 Å². The van der Waals surface area contributed by atoms with Crippen LogP contribution < -0.4 is 11.1 Å². The zero-order valence-electron chi connectivity index (χ0n) is 12.0. The van der Waals surface area contributed by atoms with E-state index in [4.69, 9.17) is 10.8 Å². The van der Waals surface area contributed by atoms with Crippen molar-refractivity contribution in [1.82, 2.24) is 5.32 Å². The minimum absolute atomic E-state index is 0.0734. The minimum Gasteiger partial charge on any atom is -0.396 e. The average Bonchev–Trinajstić information content (AvgIpc) is 3.02. The number of hydrogen-bond acceptors (Lipinski definition) is 4. The van der Waals surface area contributed by atoms with Gasteiger partial charge in [0.2, 0.25) is 5.91 Å². The highest BCUT2D eigenvalue weighted by Crippen LogP contribution is 2.21. The summed E-state index contributed by atoms with van der Waals surface area (Å²) in [6.07, 6.45) is 1.23. The summed E-state index contributed by atoms with van der Waals surface area (Å²) in [5.41, 5.74) is 6.51. The first kappa shape index (κ1) is 16.2. The number of nitrogens with two attached hydrogens (primary N) is 1. The lowest BCUT2D eigenvalue weighted by Gasteiger charge is -2.18. The van der Waals surface area contributed by atoms with Gasteiger partial charge in [-0.25, -0.2) is 0 Å². The first-order valence-corrected chi connectivity index (χ1v) is 7.84. The van der Waals surface area contributed by atoms with E-state index in [1.165, 1.54) is 17.4 Å². The molecule has 0 bridgehead atoms. The third kappa shape index (κ3) is 4.16. The molecule has 1 unspecified atom stereocenters. The SMILES string of the molecule is NC(=O)c1csc(C(=O)NC(CCCO)c2ccccc2)c1. The first-order valence-electron chi connectivity index (χ1n) is 6.97. The molecule has 2 rings (SSSR count). The topological polar surface area (TPSA) is 92.4 Å². The van der Waals surface area contributed by atoms with Crippen LogP contribution in [0.3, 0.4) is 0 Å². The molecule has 0 saturated heterocycles. The Morgan fingerprint density at radius 1 is 1.27 bits per heavy atom. The molecule has 0 radical (unpaired) electrons. The molecule has 2 aromatic rings. The Morgan fingerprint density at radius 3 is 2.59 bits per heavy atom. The fraction of sp³-hybridized carbons (Fsp3) is 0.250. The van der Waals surface area contributed by atoms with Crippen molar-refractivity contribution in [3.8, 4) is 0 Å². The van der Waals surface area contributed by atoms with Gasteiger partial charge >= 0.3 is 0 Å². The summed E-state index contributed by atoms with van der Waals surface area (Å²) in [6, 6.07) is 10.9. The quantitative estimate of drug-likeness (QED) is 0.730. The molecule has 1 aromatic carbocycles. The van der Waals surface area contributed by atoms with Crippen molar-refractivity contribution >= 4 is 23.2 Å². The van der Waals surface area contributed by atoms with Crippen LogP contribution in [0.15, 0.2) is 41.8 Å². The monoisotopic (exact) mass is 318 g/mol. The maximum Gasteiger partial charge on any atom is 0.261 e. The van der Waals surface area contributed by atoms with Gasteiger partial charge < -0.3 is 16.2 Å². The smallest absolute Gasteiger partial charge is 0.261 e. The number of primary amides is 1. The summed E-state index contributed by atoms with van der Waals surface area (Å²) >= 11 is 1.18. The molecule has 2 amide bonds. The summed E-state index contributed by atoms with van der Waals surface area (Å²) in [5.74, 6) is -0.792. The van der Waals surface area contributed by atoms with Crippen molar-refractivity contribution in [1.29, 1.82) is 0 Å². The van der Waals surface area contributed by atoms with Crippen LogP contribution in [-0.2, 0) is 0 Å². The van der Waals surface area contributed by atoms with Gasteiger partial charge in [-0.2, -0.15) is 0 Å². The number of amides is 2. The van der Waals surface area contributed by atoms with Crippen molar-refractivity contribution in [2.45, 2.75) is 18.9 Å². The van der Waals surface area contributed by atoms with E-state index in [0.29, 0.717) is 23.3 Å². The number of benzene rings is 1. The number of rotatable bonds is 7. The Hall–Kier alpha value is -2.18. The van der Waals surface area contributed by atoms with Gasteiger partial charge in [-0.3, -0.25) is 9.59 Å². The Morgan fingerprint density at radius 2 is 2.00 bits per heavy atom. The summed E-state index contributed by atoms with van der Waals surface area (Å²) in [7, 11) is 0. The molecular formula is C16H18N2O3S. The highest BCUT2D eigenvalue weighted by molar-refractivity contribution is 7.12. The van der Waals surface area contributed by atoms with Gasteiger partial charge in [0.1, 0.15) is 0 Å². The second-order valence-corrected chi connectivity index (χ2v) is 5.78. The molecule has 0 aliphatic heterocycles. The molecule has 0 aliphatic carbocycles. The lowest BCUT2D eigenvalue weighted by molar-refractivity contribution is 0.0936. The Labute approximate surface area is 132 Å². The van der Waals surface area contributed by atoms with Gasteiger partial charge in [0.15, 0.2) is 0 Å². The van der Waals surface area contributed by atoms with Gasteiger partial charge in [0.25, 0.3) is 5.91 Å². The molecule has 0 aliphatic rings. The summed E-state index contributed by atoms with van der Waals surface area (Å²) < 4.78 is 0. The van der Waals surface area contributed by atoms with Gasteiger partial charge in [-0.15, -0.1) is 11.3 Å². The molecule has 1 heterocycles. The third-order valence-electron chi connectivity index (χ3n) is 3.27. The zero-order valence-corrected chi connectivity index (χ0v) is 12.8. The molecule has 5 nitrogen and oxygen atoms in total. The molecule has 4 N–H and O–H groups in total. The number of thiophene rings is 1. The molecule has 0 fully saturated rings. The fourth-order valence-corrected chi connectivity index (χ4v) is 2.92. The number of carbonyl (C=O) groups is 2. The lowest BCUT2D eigenvalue weighted by Crippen LogP contribution is -2.28. The number of carbonyl (C=O) groups excluding carboxylic acids is 2. The summed E-state index contributed by atoms with van der Waals surface area (Å²) in [5, 5.41) is 13.5. The summed E-state index contributed by atoms with van der Waals surface area (Å²) in [4.78, 5) is 23.8. The van der Waals surface area contributed by atoms with E-state index >= 15 is 0 Å². The molecule has 1 atom stereocenters. The zero-order chi connectivity index (χ0) is 15.9. The standard InChI is InChI=1S/C16H18N2O3S/c17-15(20)12-9-14(22-10-12)16(21)18-13(7-4-8-19)11-5-2-1-3-6-11/h1-3,5-6,9-10,13,19H,4,7-8H2,(H2,17,20)(H,18,21). The van der Waals surface area contributed by atoms with Crippen LogP contribution in [0.5, 0.6) is 0 Å². The maximum atomic E-state index is 12.3. The lowest BCUT2D eigenvalue weighted by atomic mass is 10.0. The average molecular weight is 318 g/mol. The maximum absolute atomic E-state index is 12.3. The molecule has 6 heteroatoms. The van der Waals surface area contributed by atoms with E-state index in [2.05, 4.69) is 5.32 Å². The Bertz CT molecular complexity index is 640. The number of nitrogens with one attached hydrogen (secondary N) is 1. The normalized spacial score (nSPS) is 11.9. The first-order chi connectivity index (χ1) is 10.6. The minimum atomic E-state index is -0.546. The van der Waals surface area contributed by atoms with Crippen molar-refractivity contribution in [3.05, 3.63) is 57.8 Å². The predicted octanol–water partition coefficient (Wildman–Crippen LogP) is 2.09. The van der Waals surface area contributed by atoms with Crippen molar-refractivity contribution in [2.24, 2.45) is 5.73 Å². The van der Waals surface area contributed by atoms with Crippen molar-refractivity contribution in [3.63, 3.8) is 0 Å². The molecule has 1 aromatic heterocycles. The van der Waals surface area contributed by atoms with Crippen LogP contribution >= 0.6 is 11.3 Å². The molecule has 22 heavy (non-hydrogen) atoms. The molecule has 116 valence electrons. The van der Waals surface area contributed by atoms with Crippen LogP contribution in [0.25, 0.3) is 0 Å². The molecular weight excluding hydrogens is 300 g/mol. The number of hydrogen-bond donors (Lipinski definition) is 3. The predicted molar refractivity (Wildman–Crippen MR) is 85.8 cm³/mol. The van der Waals surface area contributed by atoms with Gasteiger partial charge in [0.05, 0.1) is 16.5 Å². The largest absolute Gasteiger partial charge is 0.396 e. The highest BCUT2D eigenvalue weighted by Gasteiger charge is 2.17. The van der Waals surface area contributed by atoms with Gasteiger partial charge in [-0.1, -0.05) is 30.3 Å². The molecule has 0 spiro atoms. The van der Waals surface area contributed by atoms with Crippen LogP contribution in [-0.4, -0.2) is 23.5 Å². The van der Waals surface area contributed by atoms with Crippen LogP contribution in [0.2, 0.25) is 0 Å². The van der Waals surface area contributed by atoms with E-state index in [1.54, 1.807) is 5.38 Å². The van der Waals surface area contributed by atoms with Crippen LogP contribution in [0.4, 0.5) is 0 Å². The fourth-order valence-electron chi connectivity index (χ4n) is 2.12. The summed E-state index contributed by atoms with van der Waals surface area (Å²) in [6.45, 7) is 0.0734. The van der Waals surface area contributed by atoms with Crippen molar-refractivity contribution < 1.29 is 14.7 Å². The van der Waals surface area contributed by atoms with Crippen LogP contribution in [0.1, 0.15) is 44.5 Å². The van der Waals surface area contributed by atoms with E-state index in [0.717, 1.165) is 5.56 Å². The second kappa shape index (κ2) is 7.72.